The van der Waals surface area contributed by atoms with Crippen LogP contribution in [0, 0.1) is 5.82 Å². The summed E-state index contributed by atoms with van der Waals surface area (Å²) in [5.41, 5.74) is 0.219. The monoisotopic (exact) mass is 395 g/mol. The van der Waals surface area contributed by atoms with Crippen molar-refractivity contribution in [1.82, 2.24) is 29.5 Å². The highest BCUT2D eigenvalue weighted by Gasteiger charge is 2.21. The minimum atomic E-state index is -0.549. The Morgan fingerprint density at radius 1 is 1.28 bits per heavy atom. The Hall–Kier alpha value is -4.02. The fourth-order valence-electron chi connectivity index (χ4n) is 2.73. The van der Waals surface area contributed by atoms with E-state index in [1.807, 2.05) is 0 Å². The molecule has 4 aromatic rings. The standard InChI is InChI=1S/C18H14FN7O3/c19-11-3-1-2-4-13(11)29-18-23-14-9(7-12-15(27)24-17(28)22-12)8-20-26(14)16(25-18)21-10-5-6-10/h1-4,7-8,10,27H,5-6H2,(H2,22,24,28)/b9-7+,21-16?. The number of aromatic hydroxyl groups is 1. The van der Waals surface area contributed by atoms with E-state index in [0.29, 0.717) is 10.9 Å². The minimum absolute atomic E-state index is 0.0214. The molecule has 3 N–H and O–H groups in total. The molecule has 29 heavy (non-hydrogen) atoms. The number of benzene rings is 1. The van der Waals surface area contributed by atoms with Crippen LogP contribution in [0.4, 0.5) is 4.39 Å². The third kappa shape index (κ3) is 3.33. The van der Waals surface area contributed by atoms with Crippen LogP contribution in [0.2, 0.25) is 0 Å². The molecule has 146 valence electrons. The molecular weight excluding hydrogens is 381 g/mol. The quantitative estimate of drug-likeness (QED) is 0.458. The lowest BCUT2D eigenvalue weighted by molar-refractivity contribution is 0.406. The zero-order valence-electron chi connectivity index (χ0n) is 14.8. The van der Waals surface area contributed by atoms with E-state index in [0.717, 1.165) is 12.8 Å². The summed E-state index contributed by atoms with van der Waals surface area (Å²) >= 11 is 0. The average Bonchev–Trinajstić information content (AvgIpc) is 3.33. The highest BCUT2D eigenvalue weighted by Crippen LogP contribution is 2.23. The number of rotatable bonds is 4. The first-order valence-electron chi connectivity index (χ1n) is 8.82. The lowest BCUT2D eigenvalue weighted by Gasteiger charge is -2.05. The molecule has 0 aliphatic heterocycles. The minimum Gasteiger partial charge on any atom is -0.493 e. The molecule has 1 fully saturated rings. The molecule has 0 amide bonds. The first-order valence-corrected chi connectivity index (χ1v) is 8.82. The molecule has 0 bridgehead atoms. The highest BCUT2D eigenvalue weighted by atomic mass is 19.1. The average molecular weight is 395 g/mol. The zero-order chi connectivity index (χ0) is 20.0. The largest absolute Gasteiger partial charge is 0.493 e. The van der Waals surface area contributed by atoms with E-state index in [-0.39, 0.29) is 35.0 Å². The molecule has 1 saturated carbocycles. The highest BCUT2D eigenvalue weighted by molar-refractivity contribution is 5.56. The van der Waals surface area contributed by atoms with E-state index in [2.05, 4.69) is 30.0 Å². The van der Waals surface area contributed by atoms with Gasteiger partial charge in [-0.2, -0.15) is 19.6 Å². The van der Waals surface area contributed by atoms with E-state index >= 15 is 0 Å². The molecule has 1 aliphatic carbocycles. The summed E-state index contributed by atoms with van der Waals surface area (Å²) < 4.78 is 20.9. The van der Waals surface area contributed by atoms with Crippen LogP contribution in [-0.2, 0) is 0 Å². The number of hydrogen-bond acceptors (Lipinski definition) is 7. The molecule has 0 unspecified atom stereocenters. The molecule has 0 atom stereocenters. The van der Waals surface area contributed by atoms with Gasteiger partial charge in [0.1, 0.15) is 5.69 Å². The number of hydrogen-bond donors (Lipinski definition) is 3. The van der Waals surface area contributed by atoms with Gasteiger partial charge in [0, 0.05) is 5.22 Å². The van der Waals surface area contributed by atoms with Gasteiger partial charge in [-0.25, -0.2) is 14.2 Å². The van der Waals surface area contributed by atoms with Crippen LogP contribution in [0.15, 0.2) is 40.2 Å². The number of aromatic nitrogens is 6. The normalized spacial score (nSPS) is 15.3. The third-order valence-electron chi connectivity index (χ3n) is 4.28. The van der Waals surface area contributed by atoms with Gasteiger partial charge in [-0.15, -0.1) is 0 Å². The van der Waals surface area contributed by atoms with Gasteiger partial charge < -0.3 is 14.8 Å². The maximum absolute atomic E-state index is 14.0. The number of nitrogens with one attached hydrogen (secondary N) is 2. The number of fused-ring (bicyclic) bond motifs is 1. The summed E-state index contributed by atoms with van der Waals surface area (Å²) in [7, 11) is 0. The Morgan fingerprint density at radius 2 is 2.10 bits per heavy atom. The number of para-hydroxylation sites is 1. The fraction of sp³-hybridized carbons (Fsp3) is 0.167. The summed E-state index contributed by atoms with van der Waals surface area (Å²) in [6.45, 7) is 0. The van der Waals surface area contributed by atoms with Crippen LogP contribution in [0.3, 0.4) is 0 Å². The number of H-pyrrole nitrogens is 2. The van der Waals surface area contributed by atoms with Crippen molar-refractivity contribution in [3.8, 4) is 17.6 Å². The van der Waals surface area contributed by atoms with Gasteiger partial charge in [0.15, 0.2) is 17.2 Å². The maximum atomic E-state index is 14.0. The number of ether oxygens (including phenoxy) is 1. The van der Waals surface area contributed by atoms with Gasteiger partial charge in [-0.05, 0) is 31.1 Å². The van der Waals surface area contributed by atoms with Gasteiger partial charge in [0.25, 0.3) is 5.62 Å². The second-order valence-electron chi connectivity index (χ2n) is 6.52. The van der Waals surface area contributed by atoms with E-state index in [1.165, 1.54) is 28.9 Å². The Balaban J connectivity index is 1.70. The predicted molar refractivity (Wildman–Crippen MR) is 97.7 cm³/mol. The Bertz CT molecular complexity index is 1400. The van der Waals surface area contributed by atoms with Gasteiger partial charge >= 0.3 is 11.7 Å². The van der Waals surface area contributed by atoms with E-state index in [4.69, 9.17) is 4.74 Å². The summed E-state index contributed by atoms with van der Waals surface area (Å²) in [6, 6.07) is 5.97. The van der Waals surface area contributed by atoms with Crippen molar-refractivity contribution < 1.29 is 14.2 Å². The van der Waals surface area contributed by atoms with Crippen molar-refractivity contribution in [3.63, 3.8) is 0 Å². The number of halogens is 1. The van der Waals surface area contributed by atoms with Gasteiger partial charge in [0.2, 0.25) is 5.88 Å². The molecule has 0 saturated heterocycles. The molecule has 1 aromatic carbocycles. The maximum Gasteiger partial charge on any atom is 0.327 e. The Morgan fingerprint density at radius 3 is 2.83 bits per heavy atom. The Kier molecular flexibility index (Phi) is 3.86. The fourth-order valence-corrected chi connectivity index (χ4v) is 2.73. The molecule has 0 spiro atoms. The molecule has 0 radical (unpaired) electrons. The van der Waals surface area contributed by atoms with Crippen LogP contribution in [0.25, 0.3) is 11.7 Å². The third-order valence-corrected chi connectivity index (χ3v) is 4.28. The lowest BCUT2D eigenvalue weighted by Crippen LogP contribution is -2.23. The first kappa shape index (κ1) is 17.1. The van der Waals surface area contributed by atoms with E-state index in [1.54, 1.807) is 12.1 Å². The van der Waals surface area contributed by atoms with Crippen molar-refractivity contribution in [2.45, 2.75) is 18.9 Å². The van der Waals surface area contributed by atoms with E-state index in [9.17, 15) is 14.3 Å². The summed E-state index contributed by atoms with van der Waals surface area (Å²) in [6.07, 6.45) is 4.89. The van der Waals surface area contributed by atoms with Crippen molar-refractivity contribution in [2.75, 3.05) is 0 Å². The van der Waals surface area contributed by atoms with Crippen molar-refractivity contribution in [1.29, 1.82) is 0 Å². The smallest absolute Gasteiger partial charge is 0.327 e. The number of imidazole rings is 1. The number of nitrogens with zero attached hydrogens (tertiary/aromatic N) is 5. The summed E-state index contributed by atoms with van der Waals surface area (Å²) in [5, 5.41) is 14.5. The topological polar surface area (TPSA) is 134 Å². The van der Waals surface area contributed by atoms with Crippen LogP contribution in [-0.4, -0.2) is 40.7 Å². The molecule has 1 aliphatic rings. The van der Waals surface area contributed by atoms with Gasteiger partial charge in [0.05, 0.1) is 12.2 Å². The van der Waals surface area contributed by atoms with Gasteiger partial charge in [-0.1, -0.05) is 12.1 Å². The van der Waals surface area contributed by atoms with Crippen LogP contribution in [0.5, 0.6) is 17.6 Å². The summed E-state index contributed by atoms with van der Waals surface area (Å²) in [4.78, 5) is 29.2. The number of aromatic amines is 2. The van der Waals surface area contributed by atoms with Crippen molar-refractivity contribution >= 4 is 11.7 Å². The first-order chi connectivity index (χ1) is 14.1. The van der Waals surface area contributed by atoms with Gasteiger partial charge in [-0.3, -0.25) is 4.98 Å². The second kappa shape index (κ2) is 6.55. The van der Waals surface area contributed by atoms with Crippen molar-refractivity contribution in [3.05, 3.63) is 63.3 Å². The second-order valence-corrected chi connectivity index (χ2v) is 6.52. The lowest BCUT2D eigenvalue weighted by atomic mass is 10.3. The molecule has 3 heterocycles. The molecule has 11 heteroatoms. The van der Waals surface area contributed by atoms with Crippen LogP contribution in [0.1, 0.15) is 18.5 Å². The van der Waals surface area contributed by atoms with Crippen LogP contribution < -0.4 is 21.3 Å². The van der Waals surface area contributed by atoms with E-state index < -0.39 is 11.5 Å². The molecule has 5 rings (SSSR count). The zero-order valence-corrected chi connectivity index (χ0v) is 14.8. The van der Waals surface area contributed by atoms with Crippen LogP contribution >= 0.6 is 0 Å². The molecule has 10 nitrogen and oxygen atoms in total. The predicted octanol–water partition coefficient (Wildman–Crippen LogP) is 0.388. The molecule has 3 aromatic heterocycles. The molecular formula is C18H14FN7O3. The Labute approximate surface area is 161 Å². The van der Waals surface area contributed by atoms with Crippen molar-refractivity contribution in [2.24, 2.45) is 4.99 Å². The SMILES string of the molecule is O=c1[nH]c(O)c(/C=c2\cnn3c(=NC4CC4)nc(Oc4ccccc4F)nc23)[nH]1. The summed E-state index contributed by atoms with van der Waals surface area (Å²) in [5.74, 6) is -0.882.